The number of aryl methyl sites for hydroxylation is 1. The van der Waals surface area contributed by atoms with E-state index in [1.54, 1.807) is 18.0 Å². The Morgan fingerprint density at radius 3 is 2.88 bits per heavy atom. The summed E-state index contributed by atoms with van der Waals surface area (Å²) in [6.07, 6.45) is 3.28. The van der Waals surface area contributed by atoms with Gasteiger partial charge in [-0.05, 0) is 24.6 Å². The van der Waals surface area contributed by atoms with Gasteiger partial charge in [0.15, 0.2) is 0 Å². The summed E-state index contributed by atoms with van der Waals surface area (Å²) in [5, 5.41) is 0. The van der Waals surface area contributed by atoms with E-state index in [4.69, 9.17) is 4.74 Å². The molecule has 0 spiro atoms. The summed E-state index contributed by atoms with van der Waals surface area (Å²) in [7, 11) is 0. The highest BCUT2D eigenvalue weighted by Crippen LogP contribution is 2.20. The van der Waals surface area contributed by atoms with Crippen LogP contribution in [-0.2, 0) is 4.79 Å². The van der Waals surface area contributed by atoms with Crippen LogP contribution in [0.1, 0.15) is 18.4 Å². The molecule has 1 amide bonds. The van der Waals surface area contributed by atoms with Crippen LogP contribution >= 0.6 is 11.8 Å². The zero-order chi connectivity index (χ0) is 16.8. The number of amides is 1. The zero-order valence-corrected chi connectivity index (χ0v) is 14.7. The van der Waals surface area contributed by atoms with Crippen molar-refractivity contribution in [3.63, 3.8) is 0 Å². The lowest BCUT2D eigenvalue weighted by molar-refractivity contribution is -0.129. The maximum Gasteiger partial charge on any atom is 0.223 e. The Bertz CT molecular complexity index is 661. The molecule has 0 N–H and O–H groups in total. The molecule has 1 aliphatic rings. The predicted octanol–water partition coefficient (Wildman–Crippen LogP) is 3.55. The van der Waals surface area contributed by atoms with Gasteiger partial charge in [-0.3, -0.25) is 4.79 Å². The highest BCUT2D eigenvalue weighted by atomic mass is 32.2. The fourth-order valence-electron chi connectivity index (χ4n) is 2.68. The van der Waals surface area contributed by atoms with Gasteiger partial charge in [0.2, 0.25) is 11.8 Å². The third-order valence-electron chi connectivity index (χ3n) is 4.00. The Balaban J connectivity index is 1.41. The first kappa shape index (κ1) is 16.8. The third kappa shape index (κ3) is 4.74. The van der Waals surface area contributed by atoms with Crippen LogP contribution < -0.4 is 4.74 Å². The van der Waals surface area contributed by atoms with Crippen LogP contribution in [0.15, 0.2) is 53.6 Å². The van der Waals surface area contributed by atoms with E-state index in [2.05, 4.69) is 17.1 Å². The van der Waals surface area contributed by atoms with Crippen LogP contribution in [0, 0.1) is 6.92 Å². The first-order chi connectivity index (χ1) is 11.7. The Morgan fingerprint density at radius 1 is 1.29 bits per heavy atom. The Morgan fingerprint density at radius 2 is 2.12 bits per heavy atom. The van der Waals surface area contributed by atoms with Crippen molar-refractivity contribution in [2.24, 2.45) is 0 Å². The van der Waals surface area contributed by atoms with E-state index in [-0.39, 0.29) is 12.0 Å². The number of pyridine rings is 1. The maximum atomic E-state index is 12.3. The molecule has 0 bridgehead atoms. The number of hydrogen-bond donors (Lipinski definition) is 0. The van der Waals surface area contributed by atoms with Gasteiger partial charge in [-0.2, -0.15) is 0 Å². The quantitative estimate of drug-likeness (QED) is 0.753. The summed E-state index contributed by atoms with van der Waals surface area (Å²) in [6, 6.07) is 14.1. The van der Waals surface area contributed by atoms with Gasteiger partial charge in [0.25, 0.3) is 0 Å². The number of aromatic nitrogens is 1. The molecular formula is C19H22N2O2S. The lowest BCUT2D eigenvalue weighted by Gasteiger charge is -2.17. The molecule has 1 unspecified atom stereocenters. The summed E-state index contributed by atoms with van der Waals surface area (Å²) in [6.45, 7) is 3.43. The normalized spacial score (nSPS) is 17.0. The van der Waals surface area contributed by atoms with E-state index < -0.39 is 0 Å². The largest absolute Gasteiger partial charge is 0.472 e. The second-order valence-corrected chi connectivity index (χ2v) is 7.12. The molecule has 1 saturated heterocycles. The van der Waals surface area contributed by atoms with Crippen LogP contribution in [0.5, 0.6) is 5.88 Å². The molecule has 0 radical (unpaired) electrons. The summed E-state index contributed by atoms with van der Waals surface area (Å²) in [4.78, 5) is 19.7. The van der Waals surface area contributed by atoms with E-state index in [9.17, 15) is 4.79 Å². The number of ether oxygens (including phenoxy) is 1. The van der Waals surface area contributed by atoms with Gasteiger partial charge in [-0.1, -0.05) is 24.3 Å². The fraction of sp³-hybridized carbons (Fsp3) is 0.368. The van der Waals surface area contributed by atoms with Crippen molar-refractivity contribution < 1.29 is 9.53 Å². The van der Waals surface area contributed by atoms with E-state index in [0.717, 1.165) is 24.3 Å². The first-order valence-corrected chi connectivity index (χ1v) is 9.24. The molecule has 2 aromatic rings. The minimum Gasteiger partial charge on any atom is -0.472 e. The molecule has 1 aromatic carbocycles. The van der Waals surface area contributed by atoms with Gasteiger partial charge < -0.3 is 9.64 Å². The highest BCUT2D eigenvalue weighted by molar-refractivity contribution is 7.99. The smallest absolute Gasteiger partial charge is 0.223 e. The van der Waals surface area contributed by atoms with Crippen LogP contribution in [0.2, 0.25) is 0 Å². The number of carbonyl (C=O) groups excluding carboxylic acids is 1. The summed E-state index contributed by atoms with van der Waals surface area (Å²) in [5.41, 5.74) is 1.11. The van der Waals surface area contributed by atoms with Gasteiger partial charge in [-0.25, -0.2) is 4.98 Å². The molecule has 5 heteroatoms. The van der Waals surface area contributed by atoms with E-state index in [1.807, 2.05) is 42.2 Å². The topological polar surface area (TPSA) is 42.4 Å². The van der Waals surface area contributed by atoms with Gasteiger partial charge >= 0.3 is 0 Å². The molecule has 1 atom stereocenters. The van der Waals surface area contributed by atoms with Crippen LogP contribution in [0.4, 0.5) is 0 Å². The van der Waals surface area contributed by atoms with Gasteiger partial charge in [0.1, 0.15) is 6.10 Å². The Kier molecular flexibility index (Phi) is 5.75. The standard InChI is InChI=1S/C19H22N2O2S/c1-15-7-8-18(20-13-15)23-16-9-11-21(14-16)19(22)10-12-24-17-5-3-2-4-6-17/h2-8,13,16H,9-12,14H2,1H3. The highest BCUT2D eigenvalue weighted by Gasteiger charge is 2.27. The van der Waals surface area contributed by atoms with Crippen molar-refractivity contribution in [1.82, 2.24) is 9.88 Å². The SMILES string of the molecule is Cc1ccc(OC2CCN(C(=O)CCSc3ccccc3)C2)nc1. The van der Waals surface area contributed by atoms with E-state index in [1.165, 1.54) is 4.90 Å². The van der Waals surface area contributed by atoms with Crippen molar-refractivity contribution in [2.75, 3.05) is 18.8 Å². The van der Waals surface area contributed by atoms with E-state index in [0.29, 0.717) is 18.8 Å². The molecule has 1 fully saturated rings. The summed E-state index contributed by atoms with van der Waals surface area (Å²) >= 11 is 1.72. The summed E-state index contributed by atoms with van der Waals surface area (Å²) < 4.78 is 5.87. The number of carbonyl (C=O) groups is 1. The molecule has 1 aliphatic heterocycles. The molecule has 3 rings (SSSR count). The number of likely N-dealkylation sites (tertiary alicyclic amines) is 1. The lowest BCUT2D eigenvalue weighted by atomic mass is 10.3. The van der Waals surface area contributed by atoms with Gasteiger partial charge in [0, 0.05) is 42.3 Å². The van der Waals surface area contributed by atoms with Crippen LogP contribution in [0.3, 0.4) is 0 Å². The number of thioether (sulfide) groups is 1. The molecule has 2 heterocycles. The molecule has 126 valence electrons. The lowest BCUT2D eigenvalue weighted by Crippen LogP contribution is -2.31. The van der Waals surface area contributed by atoms with E-state index >= 15 is 0 Å². The average molecular weight is 342 g/mol. The summed E-state index contributed by atoms with van der Waals surface area (Å²) in [5.74, 6) is 1.66. The minimum atomic E-state index is 0.0472. The number of hydrogen-bond acceptors (Lipinski definition) is 4. The Labute approximate surface area is 147 Å². The van der Waals surface area contributed by atoms with Crippen LogP contribution in [-0.4, -0.2) is 40.7 Å². The maximum absolute atomic E-state index is 12.3. The molecular weight excluding hydrogens is 320 g/mol. The monoisotopic (exact) mass is 342 g/mol. The second kappa shape index (κ2) is 8.20. The zero-order valence-electron chi connectivity index (χ0n) is 13.9. The van der Waals surface area contributed by atoms with Crippen molar-refractivity contribution in [1.29, 1.82) is 0 Å². The third-order valence-corrected chi connectivity index (χ3v) is 5.01. The van der Waals surface area contributed by atoms with Gasteiger partial charge in [-0.15, -0.1) is 11.8 Å². The predicted molar refractivity (Wildman–Crippen MR) is 96.4 cm³/mol. The number of nitrogens with zero attached hydrogens (tertiary/aromatic N) is 2. The van der Waals surface area contributed by atoms with Crippen molar-refractivity contribution in [2.45, 2.75) is 30.8 Å². The fourth-order valence-corrected chi connectivity index (χ4v) is 3.54. The Hall–Kier alpha value is -2.01. The molecule has 1 aromatic heterocycles. The second-order valence-electron chi connectivity index (χ2n) is 5.95. The number of rotatable bonds is 6. The van der Waals surface area contributed by atoms with Crippen LogP contribution in [0.25, 0.3) is 0 Å². The van der Waals surface area contributed by atoms with Gasteiger partial charge in [0.05, 0.1) is 6.54 Å². The average Bonchev–Trinajstić information content (AvgIpc) is 3.06. The molecule has 4 nitrogen and oxygen atoms in total. The number of benzene rings is 1. The molecule has 0 aliphatic carbocycles. The minimum absolute atomic E-state index is 0.0472. The first-order valence-electron chi connectivity index (χ1n) is 8.25. The van der Waals surface area contributed by atoms with Crippen molar-refractivity contribution in [3.05, 3.63) is 54.2 Å². The van der Waals surface area contributed by atoms with Crippen molar-refractivity contribution >= 4 is 17.7 Å². The van der Waals surface area contributed by atoms with Crippen molar-refractivity contribution in [3.8, 4) is 5.88 Å². The molecule has 24 heavy (non-hydrogen) atoms. The molecule has 0 saturated carbocycles.